The van der Waals surface area contributed by atoms with Crippen molar-refractivity contribution in [3.8, 4) is 0 Å². The summed E-state index contributed by atoms with van der Waals surface area (Å²) in [4.78, 5) is 24.7. The first-order valence-electron chi connectivity index (χ1n) is 10.1. The number of amides is 2. The zero-order valence-electron chi connectivity index (χ0n) is 16.8. The van der Waals surface area contributed by atoms with Gasteiger partial charge in [0.1, 0.15) is 17.8 Å². The highest BCUT2D eigenvalue weighted by Crippen LogP contribution is 2.24. The van der Waals surface area contributed by atoms with Gasteiger partial charge in [0.15, 0.2) is 0 Å². The monoisotopic (exact) mass is 420 g/mol. The molecule has 0 spiro atoms. The van der Waals surface area contributed by atoms with Crippen molar-refractivity contribution in [1.82, 2.24) is 10.6 Å². The Morgan fingerprint density at radius 2 is 1.58 bits per heavy atom. The summed E-state index contributed by atoms with van der Waals surface area (Å²) in [7, 11) is 0. The molecule has 2 amide bonds. The van der Waals surface area contributed by atoms with E-state index in [0.717, 1.165) is 10.8 Å². The molecule has 0 bridgehead atoms. The lowest BCUT2D eigenvalue weighted by molar-refractivity contribution is -0.0464. The van der Waals surface area contributed by atoms with Crippen LogP contribution in [0.1, 0.15) is 20.7 Å². The van der Waals surface area contributed by atoms with Gasteiger partial charge in [0.05, 0.1) is 13.2 Å². The highest BCUT2D eigenvalue weighted by molar-refractivity contribution is 5.98. The summed E-state index contributed by atoms with van der Waals surface area (Å²) in [6.07, 6.45) is -2.05. The molecule has 1 heterocycles. The molecular weight excluding hydrogens is 396 g/mol. The quantitative estimate of drug-likeness (QED) is 0.483. The minimum Gasteiger partial charge on any atom is -0.387 e. The van der Waals surface area contributed by atoms with E-state index < -0.39 is 17.8 Å². The van der Waals surface area contributed by atoms with Crippen molar-refractivity contribution < 1.29 is 24.5 Å². The maximum absolute atomic E-state index is 12.5. The SMILES string of the molecule is O=C(NCC1OC[C@@](O)(CNC(=O)c2ccccc2)[C@@H]1O)c1ccc2ccccc2c1. The summed E-state index contributed by atoms with van der Waals surface area (Å²) in [5, 5.41) is 28.6. The van der Waals surface area contributed by atoms with Gasteiger partial charge in [0, 0.05) is 17.7 Å². The molecule has 1 aliphatic rings. The molecule has 0 saturated carbocycles. The van der Waals surface area contributed by atoms with E-state index in [4.69, 9.17) is 4.74 Å². The van der Waals surface area contributed by atoms with Gasteiger partial charge in [-0.15, -0.1) is 0 Å². The van der Waals surface area contributed by atoms with Crippen molar-refractivity contribution in [1.29, 1.82) is 0 Å². The summed E-state index contributed by atoms with van der Waals surface area (Å²) in [6.45, 7) is -0.293. The number of rotatable bonds is 6. The van der Waals surface area contributed by atoms with Crippen LogP contribution in [0, 0.1) is 0 Å². The van der Waals surface area contributed by atoms with Gasteiger partial charge in [0.25, 0.3) is 11.8 Å². The molecule has 1 aliphatic heterocycles. The van der Waals surface area contributed by atoms with E-state index >= 15 is 0 Å². The predicted molar refractivity (Wildman–Crippen MR) is 116 cm³/mol. The Balaban J connectivity index is 1.32. The number of hydrogen-bond acceptors (Lipinski definition) is 5. The van der Waals surface area contributed by atoms with Gasteiger partial charge < -0.3 is 25.6 Å². The molecule has 31 heavy (non-hydrogen) atoms. The zero-order valence-corrected chi connectivity index (χ0v) is 16.8. The van der Waals surface area contributed by atoms with Gasteiger partial charge in [-0.3, -0.25) is 9.59 Å². The molecular formula is C24H24N2O5. The number of hydrogen-bond donors (Lipinski definition) is 4. The lowest BCUT2D eigenvalue weighted by Crippen LogP contribution is -2.53. The molecule has 7 nitrogen and oxygen atoms in total. The van der Waals surface area contributed by atoms with Crippen LogP contribution >= 0.6 is 0 Å². The number of carbonyl (C=O) groups is 2. The fourth-order valence-electron chi connectivity index (χ4n) is 3.65. The Morgan fingerprint density at radius 1 is 0.903 bits per heavy atom. The van der Waals surface area contributed by atoms with Gasteiger partial charge in [0.2, 0.25) is 0 Å². The summed E-state index contributed by atoms with van der Waals surface area (Å²) < 4.78 is 5.51. The number of ether oxygens (including phenoxy) is 1. The molecule has 0 aliphatic carbocycles. The summed E-state index contributed by atoms with van der Waals surface area (Å²) in [5.41, 5.74) is -0.682. The fourth-order valence-corrected chi connectivity index (χ4v) is 3.65. The molecule has 160 valence electrons. The number of nitrogens with one attached hydrogen (secondary N) is 2. The van der Waals surface area contributed by atoms with Crippen LogP contribution < -0.4 is 10.6 Å². The fraction of sp³-hybridized carbons (Fsp3) is 0.250. The average molecular weight is 420 g/mol. The van der Waals surface area contributed by atoms with E-state index in [1.807, 2.05) is 30.3 Å². The summed E-state index contributed by atoms with van der Waals surface area (Å²) in [5.74, 6) is -0.649. The first kappa shape index (κ1) is 21.0. The Hall–Kier alpha value is -3.26. The Bertz CT molecular complexity index is 1090. The van der Waals surface area contributed by atoms with E-state index in [-0.39, 0.29) is 31.5 Å². The largest absolute Gasteiger partial charge is 0.387 e. The normalized spacial score (nSPS) is 22.9. The smallest absolute Gasteiger partial charge is 0.251 e. The lowest BCUT2D eigenvalue weighted by atomic mass is 9.96. The van der Waals surface area contributed by atoms with Crippen LogP contribution in [-0.4, -0.2) is 59.5 Å². The predicted octanol–water partition coefficient (Wildman–Crippen LogP) is 1.49. The van der Waals surface area contributed by atoms with E-state index in [1.54, 1.807) is 42.5 Å². The molecule has 1 unspecified atom stereocenters. The van der Waals surface area contributed by atoms with Crippen molar-refractivity contribution in [2.45, 2.75) is 17.8 Å². The van der Waals surface area contributed by atoms with E-state index in [9.17, 15) is 19.8 Å². The van der Waals surface area contributed by atoms with E-state index in [1.165, 1.54) is 0 Å². The third kappa shape index (κ3) is 4.59. The van der Waals surface area contributed by atoms with Gasteiger partial charge in [-0.2, -0.15) is 0 Å². The molecule has 4 N–H and O–H groups in total. The molecule has 0 radical (unpaired) electrons. The molecule has 3 aromatic rings. The standard InChI is InChI=1S/C24H24N2O5/c27-21-20(13-25-23(29)19-11-10-16-6-4-5-9-18(16)12-19)31-15-24(21,30)14-26-22(28)17-7-2-1-3-8-17/h1-12,20-21,27,30H,13-15H2,(H,25,29)(H,26,28)/t20?,21-,24+/m1/s1. The molecule has 7 heteroatoms. The Morgan fingerprint density at radius 3 is 2.35 bits per heavy atom. The van der Waals surface area contributed by atoms with E-state index in [0.29, 0.717) is 11.1 Å². The van der Waals surface area contributed by atoms with Crippen molar-refractivity contribution in [3.05, 3.63) is 83.9 Å². The van der Waals surface area contributed by atoms with Gasteiger partial charge >= 0.3 is 0 Å². The number of aliphatic hydroxyl groups excluding tert-OH is 1. The third-order valence-corrected chi connectivity index (χ3v) is 5.52. The summed E-state index contributed by atoms with van der Waals surface area (Å²) >= 11 is 0. The number of benzene rings is 3. The van der Waals surface area contributed by atoms with Crippen molar-refractivity contribution in [2.24, 2.45) is 0 Å². The third-order valence-electron chi connectivity index (χ3n) is 5.52. The number of carbonyl (C=O) groups excluding carboxylic acids is 2. The minimum atomic E-state index is -1.64. The topological polar surface area (TPSA) is 108 Å². The highest BCUT2D eigenvalue weighted by Gasteiger charge is 2.48. The maximum Gasteiger partial charge on any atom is 0.251 e. The second-order valence-corrected chi connectivity index (χ2v) is 7.72. The minimum absolute atomic E-state index is 0.0295. The molecule has 1 fully saturated rings. The van der Waals surface area contributed by atoms with Crippen LogP contribution in [0.15, 0.2) is 72.8 Å². The van der Waals surface area contributed by atoms with Gasteiger partial charge in [-0.05, 0) is 35.0 Å². The van der Waals surface area contributed by atoms with E-state index in [2.05, 4.69) is 10.6 Å². The first-order chi connectivity index (χ1) is 15.0. The molecule has 3 aromatic carbocycles. The first-order valence-corrected chi connectivity index (χ1v) is 10.1. The molecule has 4 rings (SSSR count). The highest BCUT2D eigenvalue weighted by atomic mass is 16.5. The molecule has 1 saturated heterocycles. The van der Waals surface area contributed by atoms with Crippen LogP contribution in [0.4, 0.5) is 0 Å². The molecule has 0 aromatic heterocycles. The van der Waals surface area contributed by atoms with Crippen molar-refractivity contribution in [2.75, 3.05) is 19.7 Å². The second-order valence-electron chi connectivity index (χ2n) is 7.72. The Kier molecular flexibility index (Phi) is 5.99. The average Bonchev–Trinajstić information content (AvgIpc) is 3.10. The zero-order chi connectivity index (χ0) is 21.8. The van der Waals surface area contributed by atoms with Gasteiger partial charge in [-0.1, -0.05) is 48.5 Å². The van der Waals surface area contributed by atoms with Gasteiger partial charge in [-0.25, -0.2) is 0 Å². The van der Waals surface area contributed by atoms with Crippen LogP contribution in [0.3, 0.4) is 0 Å². The Labute approximate surface area is 179 Å². The van der Waals surface area contributed by atoms with Crippen LogP contribution in [0.2, 0.25) is 0 Å². The van der Waals surface area contributed by atoms with Crippen LogP contribution in [-0.2, 0) is 4.74 Å². The number of fused-ring (bicyclic) bond motifs is 1. The maximum atomic E-state index is 12.5. The van der Waals surface area contributed by atoms with Crippen molar-refractivity contribution in [3.63, 3.8) is 0 Å². The van der Waals surface area contributed by atoms with Crippen LogP contribution in [0.5, 0.6) is 0 Å². The lowest BCUT2D eigenvalue weighted by Gasteiger charge is -2.26. The molecule has 3 atom stereocenters. The van der Waals surface area contributed by atoms with Crippen LogP contribution in [0.25, 0.3) is 10.8 Å². The summed E-state index contributed by atoms with van der Waals surface area (Å²) in [6, 6.07) is 21.8. The second kappa shape index (κ2) is 8.85. The number of aliphatic hydroxyl groups is 2. The van der Waals surface area contributed by atoms with Crippen molar-refractivity contribution >= 4 is 22.6 Å².